The molecule has 0 saturated heterocycles. The van der Waals surface area contributed by atoms with E-state index in [1.165, 1.54) is 12.1 Å². The smallest absolute Gasteiger partial charge is 0.261 e. The lowest BCUT2D eigenvalue weighted by molar-refractivity contribution is 0.610. The lowest BCUT2D eigenvalue weighted by Gasteiger charge is -2.03. The van der Waals surface area contributed by atoms with Crippen molar-refractivity contribution in [2.75, 3.05) is 0 Å². The maximum absolute atomic E-state index is 11.6. The summed E-state index contributed by atoms with van der Waals surface area (Å²) in [4.78, 5) is 14.1. The van der Waals surface area contributed by atoms with E-state index >= 15 is 0 Å². The van der Waals surface area contributed by atoms with Crippen LogP contribution in [0.1, 0.15) is 5.69 Å². The van der Waals surface area contributed by atoms with Crippen LogP contribution in [0, 0.1) is 6.92 Å². The Bertz CT molecular complexity index is 718. The maximum atomic E-state index is 11.6. The Hall–Kier alpha value is -1.33. The van der Waals surface area contributed by atoms with E-state index in [1.807, 2.05) is 0 Å². The van der Waals surface area contributed by atoms with E-state index in [4.69, 9.17) is 10.7 Å². The fourth-order valence-corrected chi connectivity index (χ4v) is 2.68. The van der Waals surface area contributed by atoms with Gasteiger partial charge in [0.2, 0.25) is 0 Å². The van der Waals surface area contributed by atoms with Crippen LogP contribution in [0.5, 0.6) is 0 Å². The van der Waals surface area contributed by atoms with E-state index < -0.39 is 9.05 Å². The van der Waals surface area contributed by atoms with E-state index in [1.54, 1.807) is 19.1 Å². The summed E-state index contributed by atoms with van der Waals surface area (Å²) in [6.07, 6.45) is 0. The number of benzene rings is 1. The molecule has 0 spiro atoms. The second kappa shape index (κ2) is 3.61. The molecule has 84 valence electrons. The second-order valence-corrected chi connectivity index (χ2v) is 5.97. The van der Waals surface area contributed by atoms with E-state index in [2.05, 4.69) is 4.98 Å². The quantitative estimate of drug-likeness (QED) is 0.792. The van der Waals surface area contributed by atoms with Crippen LogP contribution in [0.2, 0.25) is 0 Å². The van der Waals surface area contributed by atoms with Crippen molar-refractivity contribution in [3.63, 3.8) is 0 Å². The molecule has 1 aromatic carbocycles. The molecule has 0 unspecified atom stereocenters. The predicted molar refractivity (Wildman–Crippen MR) is 62.3 cm³/mol. The van der Waals surface area contributed by atoms with Crippen LogP contribution in [0.15, 0.2) is 34.0 Å². The number of aryl methyl sites for hydroxylation is 1. The first-order valence-electron chi connectivity index (χ1n) is 4.47. The minimum absolute atomic E-state index is 0.0409. The van der Waals surface area contributed by atoms with Crippen molar-refractivity contribution in [2.24, 2.45) is 0 Å². The highest BCUT2D eigenvalue weighted by atomic mass is 35.7. The zero-order valence-corrected chi connectivity index (χ0v) is 9.89. The van der Waals surface area contributed by atoms with Gasteiger partial charge in [-0.1, -0.05) is 6.07 Å². The molecule has 2 rings (SSSR count). The zero-order valence-electron chi connectivity index (χ0n) is 8.32. The van der Waals surface area contributed by atoms with Gasteiger partial charge in [-0.05, 0) is 25.1 Å². The summed E-state index contributed by atoms with van der Waals surface area (Å²) < 4.78 is 22.6. The number of H-pyrrole nitrogens is 1. The molecule has 0 radical (unpaired) electrons. The fourth-order valence-electron chi connectivity index (χ4n) is 1.60. The number of hydrogen-bond acceptors (Lipinski definition) is 3. The topological polar surface area (TPSA) is 67.0 Å². The number of hydrogen-bond donors (Lipinski definition) is 1. The molecule has 1 aromatic heterocycles. The average molecular weight is 258 g/mol. The number of rotatable bonds is 1. The first kappa shape index (κ1) is 11.2. The third-order valence-corrected chi connectivity index (χ3v) is 3.63. The Morgan fingerprint density at radius 3 is 2.56 bits per heavy atom. The molecule has 0 saturated carbocycles. The van der Waals surface area contributed by atoms with Crippen molar-refractivity contribution in [1.29, 1.82) is 0 Å². The molecule has 0 bridgehead atoms. The Kier molecular flexibility index (Phi) is 2.52. The monoisotopic (exact) mass is 257 g/mol. The minimum atomic E-state index is -3.84. The minimum Gasteiger partial charge on any atom is -0.326 e. The van der Waals surface area contributed by atoms with Crippen molar-refractivity contribution in [1.82, 2.24) is 4.98 Å². The number of nitrogens with one attached hydrogen (secondary N) is 1. The van der Waals surface area contributed by atoms with Gasteiger partial charge in [-0.2, -0.15) is 0 Å². The van der Waals surface area contributed by atoms with E-state index in [9.17, 15) is 13.2 Å². The summed E-state index contributed by atoms with van der Waals surface area (Å²) in [5.41, 5.74) is 0.266. The van der Waals surface area contributed by atoms with E-state index in [-0.39, 0.29) is 10.5 Å². The average Bonchev–Trinajstić information content (AvgIpc) is 2.15. The molecular formula is C10H8ClNO3S. The molecule has 16 heavy (non-hydrogen) atoms. The number of pyridine rings is 1. The molecule has 0 fully saturated rings. The normalized spacial score (nSPS) is 11.9. The first-order valence-corrected chi connectivity index (χ1v) is 6.78. The molecule has 0 aliphatic rings. The van der Waals surface area contributed by atoms with Crippen LogP contribution in [0.3, 0.4) is 0 Å². The Morgan fingerprint density at radius 1 is 1.25 bits per heavy atom. The molecule has 0 atom stereocenters. The third-order valence-electron chi connectivity index (χ3n) is 2.24. The van der Waals surface area contributed by atoms with Crippen LogP contribution < -0.4 is 5.56 Å². The van der Waals surface area contributed by atoms with E-state index in [0.29, 0.717) is 16.5 Å². The number of aromatic amines is 1. The Labute approximate surface area is 96.3 Å². The molecule has 0 aliphatic heterocycles. The lowest BCUT2D eigenvalue weighted by Crippen LogP contribution is -2.08. The van der Waals surface area contributed by atoms with Gasteiger partial charge in [0.15, 0.2) is 0 Å². The summed E-state index contributed by atoms with van der Waals surface area (Å²) in [5, 5.41) is 0.658. The predicted octanol–water partition coefficient (Wildman–Crippen LogP) is 1.76. The molecule has 6 heteroatoms. The highest BCUT2D eigenvalue weighted by Crippen LogP contribution is 2.23. The SMILES string of the molecule is Cc1cc2c(S(=O)(=O)Cl)cccc2c(=O)[nH]1. The summed E-state index contributed by atoms with van der Waals surface area (Å²) >= 11 is 0. The van der Waals surface area contributed by atoms with Gasteiger partial charge in [-0.3, -0.25) is 4.79 Å². The van der Waals surface area contributed by atoms with Crippen LogP contribution in [-0.2, 0) is 9.05 Å². The van der Waals surface area contributed by atoms with Gasteiger partial charge >= 0.3 is 0 Å². The maximum Gasteiger partial charge on any atom is 0.261 e. The summed E-state index contributed by atoms with van der Waals surface area (Å²) in [6.45, 7) is 1.68. The van der Waals surface area contributed by atoms with Crippen molar-refractivity contribution in [2.45, 2.75) is 11.8 Å². The Balaban J connectivity index is 3.05. The first-order chi connectivity index (χ1) is 7.39. The molecule has 1 heterocycles. The zero-order chi connectivity index (χ0) is 11.9. The summed E-state index contributed by atoms with van der Waals surface area (Å²) in [5.74, 6) is 0. The van der Waals surface area contributed by atoms with Gasteiger partial charge in [0.25, 0.3) is 14.6 Å². The molecule has 1 N–H and O–H groups in total. The van der Waals surface area contributed by atoms with E-state index in [0.717, 1.165) is 0 Å². The van der Waals surface area contributed by atoms with Gasteiger partial charge in [0.1, 0.15) is 0 Å². The van der Waals surface area contributed by atoms with Crippen molar-refractivity contribution >= 4 is 30.5 Å². The number of halogens is 1. The highest BCUT2D eigenvalue weighted by molar-refractivity contribution is 8.14. The summed E-state index contributed by atoms with van der Waals surface area (Å²) in [6, 6.07) is 6.01. The fraction of sp³-hybridized carbons (Fsp3) is 0.100. The van der Waals surface area contributed by atoms with Crippen molar-refractivity contribution in [3.8, 4) is 0 Å². The third kappa shape index (κ3) is 1.83. The molecule has 4 nitrogen and oxygen atoms in total. The van der Waals surface area contributed by atoms with Crippen LogP contribution in [0.25, 0.3) is 10.8 Å². The Morgan fingerprint density at radius 2 is 1.94 bits per heavy atom. The highest BCUT2D eigenvalue weighted by Gasteiger charge is 2.15. The molecule has 2 aromatic rings. The van der Waals surface area contributed by atoms with Gasteiger partial charge < -0.3 is 4.98 Å². The number of aromatic nitrogens is 1. The van der Waals surface area contributed by atoms with Gasteiger partial charge in [-0.25, -0.2) is 8.42 Å². The summed E-state index contributed by atoms with van der Waals surface area (Å²) in [7, 11) is 1.46. The molecule has 0 amide bonds. The lowest BCUT2D eigenvalue weighted by atomic mass is 10.1. The van der Waals surface area contributed by atoms with Crippen molar-refractivity contribution < 1.29 is 8.42 Å². The van der Waals surface area contributed by atoms with Crippen molar-refractivity contribution in [3.05, 3.63) is 40.3 Å². The number of fused-ring (bicyclic) bond motifs is 1. The second-order valence-electron chi connectivity index (χ2n) is 3.44. The van der Waals surface area contributed by atoms with Gasteiger partial charge in [-0.15, -0.1) is 0 Å². The van der Waals surface area contributed by atoms with Crippen LogP contribution >= 0.6 is 10.7 Å². The standard InChI is InChI=1S/C10H8ClNO3S/c1-6-5-8-7(10(13)12-6)3-2-4-9(8)16(11,14)15/h2-5H,1H3,(H,12,13). The van der Waals surface area contributed by atoms with Crippen LogP contribution in [-0.4, -0.2) is 13.4 Å². The van der Waals surface area contributed by atoms with Gasteiger partial charge in [0, 0.05) is 27.1 Å². The largest absolute Gasteiger partial charge is 0.326 e. The molecule has 0 aliphatic carbocycles. The van der Waals surface area contributed by atoms with Gasteiger partial charge in [0.05, 0.1) is 4.90 Å². The van der Waals surface area contributed by atoms with Crippen LogP contribution in [0.4, 0.5) is 0 Å². The molecular weight excluding hydrogens is 250 g/mol.